The number of hydrogen-bond donors (Lipinski definition) is 3. The molecule has 0 rings (SSSR count). The maximum Gasteiger partial charge on any atom is 0.472 e. The summed E-state index contributed by atoms with van der Waals surface area (Å²) in [6.07, 6.45) is 53.1. The molecule has 0 bridgehead atoms. The first kappa shape index (κ1) is 95.1. The maximum absolute atomic E-state index is 13.1. The summed E-state index contributed by atoms with van der Waals surface area (Å²) in [5.41, 5.74) is 0. The highest BCUT2D eigenvalue weighted by atomic mass is 31.2. The quantitative estimate of drug-likeness (QED) is 0.0222. The molecule has 0 heterocycles. The molecule has 97 heavy (non-hydrogen) atoms. The second kappa shape index (κ2) is 67.2. The molecule has 0 aromatic rings. The molecule has 0 radical (unpaired) electrons. The molecule has 0 saturated heterocycles. The van der Waals surface area contributed by atoms with Crippen molar-refractivity contribution in [3.63, 3.8) is 0 Å². The SMILES string of the molecule is CCC(C)CCCCCCCCCCCCCCCCCCCCC(=O)O[C@H](COC(=O)CCCCCCCCCC(C)C)COP(=O)(O)OCC(O)COP(=O)(O)OC[C@@H](COC(=O)CCCCCCCCC(C)C)OC(=O)CCCCCCCCCCCCCCCC(C)C. The second-order valence-corrected chi connectivity index (χ2v) is 32.7. The predicted octanol–water partition coefficient (Wildman–Crippen LogP) is 22.8. The Balaban J connectivity index is 5.15. The van der Waals surface area contributed by atoms with Crippen LogP contribution in [0.1, 0.15) is 396 Å². The smallest absolute Gasteiger partial charge is 0.462 e. The number of phosphoric ester groups is 2. The van der Waals surface area contributed by atoms with Crippen molar-refractivity contribution in [1.29, 1.82) is 0 Å². The first-order valence-corrected chi connectivity index (χ1v) is 43.2. The zero-order chi connectivity index (χ0) is 71.7. The van der Waals surface area contributed by atoms with Crippen molar-refractivity contribution in [3.8, 4) is 0 Å². The first-order valence-electron chi connectivity index (χ1n) is 40.2. The van der Waals surface area contributed by atoms with Crippen LogP contribution in [0.15, 0.2) is 0 Å². The molecular weight excluding hydrogens is 1270 g/mol. The minimum Gasteiger partial charge on any atom is -0.462 e. The lowest BCUT2D eigenvalue weighted by molar-refractivity contribution is -0.161. The molecular formula is C78H152O17P2. The average molecular weight is 1420 g/mol. The lowest BCUT2D eigenvalue weighted by Crippen LogP contribution is -2.30. The zero-order valence-corrected chi connectivity index (χ0v) is 65.5. The van der Waals surface area contributed by atoms with Crippen LogP contribution in [0, 0.1) is 23.7 Å². The highest BCUT2D eigenvalue weighted by Gasteiger charge is 2.30. The van der Waals surface area contributed by atoms with E-state index < -0.39 is 97.5 Å². The molecule has 0 aliphatic carbocycles. The van der Waals surface area contributed by atoms with Crippen molar-refractivity contribution in [1.82, 2.24) is 0 Å². The van der Waals surface area contributed by atoms with Gasteiger partial charge >= 0.3 is 39.5 Å². The molecule has 0 spiro atoms. The van der Waals surface area contributed by atoms with E-state index in [2.05, 4.69) is 55.4 Å². The van der Waals surface area contributed by atoms with Gasteiger partial charge in [-0.2, -0.15) is 0 Å². The maximum atomic E-state index is 13.1. The Kier molecular flexibility index (Phi) is 65.9. The Labute approximate surface area is 594 Å². The van der Waals surface area contributed by atoms with E-state index >= 15 is 0 Å². The molecule has 0 aliphatic rings. The summed E-state index contributed by atoms with van der Waals surface area (Å²) in [6, 6.07) is 0. The Morgan fingerprint density at radius 1 is 0.289 bits per heavy atom. The minimum absolute atomic E-state index is 0.106. The van der Waals surface area contributed by atoms with Crippen molar-refractivity contribution < 1.29 is 80.2 Å². The van der Waals surface area contributed by atoms with Crippen LogP contribution in [0.2, 0.25) is 0 Å². The van der Waals surface area contributed by atoms with Gasteiger partial charge in [-0.25, -0.2) is 9.13 Å². The Morgan fingerprint density at radius 3 is 0.732 bits per heavy atom. The molecule has 0 amide bonds. The monoisotopic (exact) mass is 1420 g/mol. The molecule has 0 fully saturated rings. The molecule has 19 heteroatoms. The summed E-state index contributed by atoms with van der Waals surface area (Å²) < 4.78 is 68.5. The number of aliphatic hydroxyl groups excluding tert-OH is 1. The predicted molar refractivity (Wildman–Crippen MR) is 395 cm³/mol. The van der Waals surface area contributed by atoms with Crippen molar-refractivity contribution in [2.45, 2.75) is 414 Å². The van der Waals surface area contributed by atoms with E-state index in [0.717, 1.165) is 115 Å². The van der Waals surface area contributed by atoms with Crippen LogP contribution < -0.4 is 0 Å². The molecule has 17 nitrogen and oxygen atoms in total. The second-order valence-electron chi connectivity index (χ2n) is 29.8. The van der Waals surface area contributed by atoms with Crippen molar-refractivity contribution in [2.24, 2.45) is 23.7 Å². The van der Waals surface area contributed by atoms with Gasteiger partial charge in [0.1, 0.15) is 19.3 Å². The number of rotatable bonds is 75. The molecule has 4 unspecified atom stereocenters. The standard InChI is InChI=1S/C78H152O17P2/c1-9-71(8)57-49-41-32-26-22-18-14-12-10-11-13-15-19-23-27-33-44-52-60-77(82)94-73(64-88-75(80)58-50-42-35-29-31-39-47-55-69(4)5)66-92-96(84,85)90-62-72(79)63-91-97(86,87)93-67-74(65-89-76(81)59-51-43-37-36-40-48-56-70(6)7)95-78(83)61-53-45-34-28-24-20-16-17-21-25-30-38-46-54-68(2)3/h68-74,79H,9-67H2,1-8H3,(H,84,85)(H,86,87)/t71?,72?,73-,74-/m1/s1. The number of hydrogen-bond acceptors (Lipinski definition) is 15. The summed E-state index contributed by atoms with van der Waals surface area (Å²) in [7, 11) is -9.91. The number of ether oxygens (including phenoxy) is 4. The van der Waals surface area contributed by atoms with Gasteiger partial charge in [0.15, 0.2) is 12.2 Å². The molecule has 576 valence electrons. The number of carbonyl (C=O) groups is 4. The molecule has 6 atom stereocenters. The van der Waals surface area contributed by atoms with E-state index in [4.69, 9.17) is 37.0 Å². The highest BCUT2D eigenvalue weighted by Crippen LogP contribution is 2.45. The summed E-state index contributed by atoms with van der Waals surface area (Å²) in [6.45, 7) is 14.2. The van der Waals surface area contributed by atoms with Gasteiger partial charge in [0.2, 0.25) is 0 Å². The van der Waals surface area contributed by atoms with Crippen LogP contribution in [0.25, 0.3) is 0 Å². The first-order chi connectivity index (χ1) is 46.6. The fourth-order valence-corrected chi connectivity index (χ4v) is 13.5. The fraction of sp³-hybridized carbons (Fsp3) is 0.949. The number of esters is 4. The lowest BCUT2D eigenvalue weighted by Gasteiger charge is -2.21. The highest BCUT2D eigenvalue weighted by molar-refractivity contribution is 7.47. The number of unbranched alkanes of at least 4 members (excludes halogenated alkanes) is 40. The summed E-state index contributed by atoms with van der Waals surface area (Å²) in [5, 5.41) is 10.6. The van der Waals surface area contributed by atoms with Crippen molar-refractivity contribution >= 4 is 39.5 Å². The number of phosphoric acid groups is 2. The Hall–Kier alpha value is -1.94. The largest absolute Gasteiger partial charge is 0.472 e. The van der Waals surface area contributed by atoms with Gasteiger partial charge < -0.3 is 33.8 Å². The van der Waals surface area contributed by atoms with Crippen LogP contribution in [-0.2, 0) is 65.4 Å². The van der Waals surface area contributed by atoms with Gasteiger partial charge in [0.25, 0.3) is 0 Å². The van der Waals surface area contributed by atoms with E-state index in [1.165, 1.54) is 186 Å². The fourth-order valence-electron chi connectivity index (χ4n) is 11.9. The zero-order valence-electron chi connectivity index (χ0n) is 63.7. The van der Waals surface area contributed by atoms with Crippen LogP contribution in [0.3, 0.4) is 0 Å². The minimum atomic E-state index is -4.96. The third-order valence-electron chi connectivity index (χ3n) is 18.4. The van der Waals surface area contributed by atoms with Gasteiger partial charge in [0.05, 0.1) is 26.4 Å². The van der Waals surface area contributed by atoms with E-state index in [1.807, 2.05) is 0 Å². The van der Waals surface area contributed by atoms with Gasteiger partial charge in [-0.1, -0.05) is 344 Å². The topological polar surface area (TPSA) is 237 Å². The molecule has 0 aliphatic heterocycles. The van der Waals surface area contributed by atoms with Crippen LogP contribution in [0.4, 0.5) is 0 Å². The van der Waals surface area contributed by atoms with Gasteiger partial charge in [-0.05, 0) is 49.4 Å². The summed E-state index contributed by atoms with van der Waals surface area (Å²) >= 11 is 0. The van der Waals surface area contributed by atoms with E-state index in [9.17, 15) is 43.2 Å². The molecule has 3 N–H and O–H groups in total. The van der Waals surface area contributed by atoms with Crippen LogP contribution in [-0.4, -0.2) is 96.7 Å². The number of carbonyl (C=O) groups excluding carboxylic acids is 4. The van der Waals surface area contributed by atoms with Gasteiger partial charge in [-0.3, -0.25) is 37.3 Å². The summed E-state index contributed by atoms with van der Waals surface area (Å²) in [5.74, 6) is 0.919. The van der Waals surface area contributed by atoms with Crippen molar-refractivity contribution in [2.75, 3.05) is 39.6 Å². The Bertz CT molecular complexity index is 1900. The van der Waals surface area contributed by atoms with Crippen LogP contribution in [0.5, 0.6) is 0 Å². The van der Waals surface area contributed by atoms with E-state index in [1.54, 1.807) is 0 Å². The van der Waals surface area contributed by atoms with Crippen LogP contribution >= 0.6 is 15.6 Å². The van der Waals surface area contributed by atoms with E-state index in [-0.39, 0.29) is 25.7 Å². The lowest BCUT2D eigenvalue weighted by atomic mass is 9.99. The van der Waals surface area contributed by atoms with Gasteiger partial charge in [-0.15, -0.1) is 0 Å². The molecule has 0 aromatic heterocycles. The molecule has 0 saturated carbocycles. The van der Waals surface area contributed by atoms with Gasteiger partial charge in [0, 0.05) is 25.7 Å². The normalized spacial score (nSPS) is 14.4. The third kappa shape index (κ3) is 70.9. The number of aliphatic hydroxyl groups is 1. The average Bonchev–Trinajstić information content (AvgIpc) is 2.50. The van der Waals surface area contributed by atoms with E-state index in [0.29, 0.717) is 37.5 Å². The third-order valence-corrected chi connectivity index (χ3v) is 20.3. The summed E-state index contributed by atoms with van der Waals surface area (Å²) in [4.78, 5) is 72.8. The van der Waals surface area contributed by atoms with Crippen molar-refractivity contribution in [3.05, 3.63) is 0 Å². The Morgan fingerprint density at radius 2 is 0.495 bits per heavy atom. The molecule has 0 aromatic carbocycles.